The zero-order valence-electron chi connectivity index (χ0n) is 12.1. The Kier molecular flexibility index (Phi) is 5.24. The molecule has 0 spiro atoms. The zero-order chi connectivity index (χ0) is 14.2. The van der Waals surface area contributed by atoms with Crippen LogP contribution in [0.5, 0.6) is 5.75 Å². The van der Waals surface area contributed by atoms with Gasteiger partial charge in [-0.05, 0) is 55.2 Å². The van der Waals surface area contributed by atoms with Gasteiger partial charge in [-0.1, -0.05) is 11.6 Å². The summed E-state index contributed by atoms with van der Waals surface area (Å²) in [6, 6.07) is 5.47. The van der Waals surface area contributed by atoms with Crippen LogP contribution in [0.25, 0.3) is 0 Å². The normalized spacial score (nSPS) is 19.6. The highest BCUT2D eigenvalue weighted by atomic mass is 127. The first-order valence-corrected chi connectivity index (χ1v) is 7.41. The van der Waals surface area contributed by atoms with Crippen LogP contribution in [0.2, 0.25) is 5.02 Å². The summed E-state index contributed by atoms with van der Waals surface area (Å²) in [4.78, 5) is 4.50. The van der Waals surface area contributed by atoms with Crippen LogP contribution in [0.1, 0.15) is 25.7 Å². The fourth-order valence-electron chi connectivity index (χ4n) is 2.73. The fourth-order valence-corrected chi connectivity index (χ4v) is 2.98. The molecule has 3 rings (SSSR count). The number of hydrogen-bond donors (Lipinski definition) is 2. The van der Waals surface area contributed by atoms with E-state index >= 15 is 0 Å². The molecule has 0 bridgehead atoms. The quantitative estimate of drug-likeness (QED) is 0.431. The Morgan fingerprint density at radius 2 is 2.19 bits per heavy atom. The van der Waals surface area contributed by atoms with Gasteiger partial charge in [0.2, 0.25) is 0 Å². The molecule has 1 aromatic rings. The minimum Gasteiger partial charge on any atom is -0.495 e. The minimum absolute atomic E-state index is 0. The van der Waals surface area contributed by atoms with Crippen molar-refractivity contribution in [1.29, 1.82) is 0 Å². The van der Waals surface area contributed by atoms with Crippen molar-refractivity contribution in [1.82, 2.24) is 0 Å². The third-order valence-corrected chi connectivity index (χ3v) is 4.62. The van der Waals surface area contributed by atoms with E-state index in [0.29, 0.717) is 22.1 Å². The first-order chi connectivity index (χ1) is 9.63. The number of ether oxygens (including phenoxy) is 1. The SMILES string of the molecule is COc1ccc(NC(N)=NCC2(C3CC3)CC2)cc1Cl.I. The van der Waals surface area contributed by atoms with Gasteiger partial charge in [-0.15, -0.1) is 24.0 Å². The van der Waals surface area contributed by atoms with Gasteiger partial charge >= 0.3 is 0 Å². The Morgan fingerprint density at radius 3 is 2.71 bits per heavy atom. The van der Waals surface area contributed by atoms with Crippen molar-refractivity contribution in [3.05, 3.63) is 23.2 Å². The largest absolute Gasteiger partial charge is 0.495 e. The smallest absolute Gasteiger partial charge is 0.193 e. The van der Waals surface area contributed by atoms with Crippen LogP contribution in [0.3, 0.4) is 0 Å². The molecular formula is C15H21ClIN3O. The number of anilines is 1. The number of nitrogens with zero attached hydrogens (tertiary/aromatic N) is 1. The predicted octanol–water partition coefficient (Wildman–Crippen LogP) is 3.88. The molecule has 2 aliphatic carbocycles. The number of nitrogens with two attached hydrogens (primary N) is 1. The van der Waals surface area contributed by atoms with E-state index in [-0.39, 0.29) is 24.0 Å². The number of hydrogen-bond acceptors (Lipinski definition) is 2. The summed E-state index contributed by atoms with van der Waals surface area (Å²) < 4.78 is 5.12. The number of methoxy groups -OCH3 is 1. The average molecular weight is 422 g/mol. The summed E-state index contributed by atoms with van der Waals surface area (Å²) in [6.07, 6.45) is 5.36. The highest BCUT2D eigenvalue weighted by molar-refractivity contribution is 14.0. The van der Waals surface area contributed by atoms with E-state index in [1.54, 1.807) is 13.2 Å². The lowest BCUT2D eigenvalue weighted by molar-refractivity contribution is 0.415. The maximum absolute atomic E-state index is 6.08. The second-order valence-corrected chi connectivity index (χ2v) is 6.22. The Balaban J connectivity index is 0.00000161. The molecule has 0 atom stereocenters. The van der Waals surface area contributed by atoms with E-state index in [0.717, 1.165) is 18.2 Å². The van der Waals surface area contributed by atoms with Crippen LogP contribution < -0.4 is 15.8 Å². The maximum Gasteiger partial charge on any atom is 0.193 e. The molecule has 2 fully saturated rings. The van der Waals surface area contributed by atoms with E-state index in [1.807, 2.05) is 12.1 Å². The van der Waals surface area contributed by atoms with Crippen molar-refractivity contribution >= 4 is 47.2 Å². The van der Waals surface area contributed by atoms with Gasteiger partial charge in [0.05, 0.1) is 12.1 Å². The Hall–Kier alpha value is -0.690. The summed E-state index contributed by atoms with van der Waals surface area (Å²) in [5, 5.41) is 3.64. The van der Waals surface area contributed by atoms with Crippen LogP contribution in [0, 0.1) is 11.3 Å². The molecule has 0 amide bonds. The molecule has 21 heavy (non-hydrogen) atoms. The molecule has 2 aliphatic rings. The third kappa shape index (κ3) is 3.94. The lowest BCUT2D eigenvalue weighted by atomic mass is 10.0. The average Bonchev–Trinajstić information content (AvgIpc) is 3.28. The lowest BCUT2D eigenvalue weighted by Gasteiger charge is -2.12. The van der Waals surface area contributed by atoms with Crippen LogP contribution in [0.15, 0.2) is 23.2 Å². The highest BCUT2D eigenvalue weighted by Gasteiger charge is 2.53. The number of benzene rings is 1. The van der Waals surface area contributed by atoms with E-state index < -0.39 is 0 Å². The summed E-state index contributed by atoms with van der Waals surface area (Å²) in [7, 11) is 1.59. The molecule has 0 radical (unpaired) electrons. The number of rotatable bonds is 5. The van der Waals surface area contributed by atoms with E-state index in [4.69, 9.17) is 22.1 Å². The topological polar surface area (TPSA) is 59.6 Å². The van der Waals surface area contributed by atoms with Crippen molar-refractivity contribution < 1.29 is 4.74 Å². The Bertz CT molecular complexity index is 542. The first-order valence-electron chi connectivity index (χ1n) is 7.03. The second kappa shape index (κ2) is 6.60. The Labute approximate surface area is 147 Å². The van der Waals surface area contributed by atoms with Crippen molar-refractivity contribution in [2.45, 2.75) is 25.7 Å². The monoisotopic (exact) mass is 421 g/mol. The summed E-state index contributed by atoms with van der Waals surface area (Å²) in [5.74, 6) is 2.01. The van der Waals surface area contributed by atoms with Crippen LogP contribution in [-0.2, 0) is 0 Å². The number of nitrogens with one attached hydrogen (secondary N) is 1. The Morgan fingerprint density at radius 1 is 1.48 bits per heavy atom. The fraction of sp³-hybridized carbons (Fsp3) is 0.533. The van der Waals surface area contributed by atoms with Crippen molar-refractivity contribution in [2.24, 2.45) is 22.1 Å². The molecule has 0 aliphatic heterocycles. The molecule has 3 N–H and O–H groups in total. The lowest BCUT2D eigenvalue weighted by Crippen LogP contribution is -2.24. The number of halogens is 2. The van der Waals surface area contributed by atoms with Gasteiger partial charge in [0.25, 0.3) is 0 Å². The molecule has 1 aromatic carbocycles. The second-order valence-electron chi connectivity index (χ2n) is 5.81. The van der Waals surface area contributed by atoms with Crippen LogP contribution in [-0.4, -0.2) is 19.6 Å². The summed E-state index contributed by atoms with van der Waals surface area (Å²) in [5.41, 5.74) is 7.25. The number of guanidine groups is 1. The minimum atomic E-state index is 0. The summed E-state index contributed by atoms with van der Waals surface area (Å²) in [6.45, 7) is 0.848. The van der Waals surface area contributed by atoms with Gasteiger partial charge in [-0.25, -0.2) is 0 Å². The molecule has 0 saturated heterocycles. The predicted molar refractivity (Wildman–Crippen MR) is 97.9 cm³/mol. The molecule has 6 heteroatoms. The van der Waals surface area contributed by atoms with Gasteiger partial charge in [-0.2, -0.15) is 0 Å². The summed E-state index contributed by atoms with van der Waals surface area (Å²) >= 11 is 6.08. The van der Waals surface area contributed by atoms with Crippen molar-refractivity contribution in [2.75, 3.05) is 19.0 Å². The third-order valence-electron chi connectivity index (χ3n) is 4.32. The first kappa shape index (κ1) is 16.7. The molecule has 2 saturated carbocycles. The van der Waals surface area contributed by atoms with Crippen LogP contribution >= 0.6 is 35.6 Å². The van der Waals surface area contributed by atoms with Gasteiger partial charge in [0, 0.05) is 12.2 Å². The maximum atomic E-state index is 6.08. The standard InChI is InChI=1S/C15H20ClN3O.HI/c1-20-13-5-4-11(8-12(13)16)19-14(17)18-9-15(6-7-15)10-2-3-10;/h4-5,8,10H,2-3,6-7,9H2,1H3,(H3,17,18,19);1H. The van der Waals surface area contributed by atoms with Gasteiger partial charge < -0.3 is 15.8 Å². The van der Waals surface area contributed by atoms with E-state index in [9.17, 15) is 0 Å². The van der Waals surface area contributed by atoms with Crippen molar-refractivity contribution in [3.8, 4) is 5.75 Å². The van der Waals surface area contributed by atoms with E-state index in [2.05, 4.69) is 10.3 Å². The molecular weight excluding hydrogens is 401 g/mol. The van der Waals surface area contributed by atoms with Gasteiger partial charge in [0.1, 0.15) is 5.75 Å². The van der Waals surface area contributed by atoms with Gasteiger partial charge in [0.15, 0.2) is 5.96 Å². The highest BCUT2D eigenvalue weighted by Crippen LogP contribution is 2.61. The molecule has 0 heterocycles. The molecule has 0 aromatic heterocycles. The van der Waals surface area contributed by atoms with E-state index in [1.165, 1.54) is 25.7 Å². The molecule has 116 valence electrons. The zero-order valence-corrected chi connectivity index (χ0v) is 15.2. The van der Waals surface area contributed by atoms with Crippen LogP contribution in [0.4, 0.5) is 5.69 Å². The molecule has 0 unspecified atom stereocenters. The van der Waals surface area contributed by atoms with Crippen molar-refractivity contribution in [3.63, 3.8) is 0 Å². The molecule has 4 nitrogen and oxygen atoms in total. The number of aliphatic imine (C=N–C) groups is 1. The van der Waals surface area contributed by atoms with Gasteiger partial charge in [-0.3, -0.25) is 4.99 Å².